The molecule has 0 amide bonds. The summed E-state index contributed by atoms with van der Waals surface area (Å²) in [6, 6.07) is 13.2. The highest BCUT2D eigenvalue weighted by Crippen LogP contribution is 2.34. The molecule has 2 aromatic carbocycles. The lowest BCUT2D eigenvalue weighted by Crippen LogP contribution is -2.05. The van der Waals surface area contributed by atoms with Gasteiger partial charge in [-0.15, -0.1) is 0 Å². The van der Waals surface area contributed by atoms with Gasteiger partial charge in [0, 0.05) is 21.7 Å². The van der Waals surface area contributed by atoms with Crippen LogP contribution in [0.2, 0.25) is 0 Å². The molecule has 0 saturated carbocycles. The lowest BCUT2D eigenvalue weighted by molar-refractivity contribution is 0.00819. The highest BCUT2D eigenvalue weighted by molar-refractivity contribution is 7.97. The first-order valence-electron chi connectivity index (χ1n) is 7.87. The van der Waals surface area contributed by atoms with E-state index in [-0.39, 0.29) is 0 Å². The van der Waals surface area contributed by atoms with Crippen LogP contribution in [0, 0.1) is 0 Å². The molecule has 1 nitrogen and oxygen atoms in total. The Morgan fingerprint density at radius 1 is 1.00 bits per heavy atom. The van der Waals surface area contributed by atoms with E-state index in [1.165, 1.54) is 35.1 Å². The number of rotatable bonds is 4. The second-order valence-electron chi connectivity index (χ2n) is 5.31. The molecular formula is C18H22F3OS+. The Hall–Kier alpha value is -1.36. The molecule has 0 atom stereocenters. The van der Waals surface area contributed by atoms with Crippen molar-refractivity contribution >= 4 is 21.7 Å². The minimum atomic E-state index is -3.67. The van der Waals surface area contributed by atoms with Crippen molar-refractivity contribution in [3.8, 4) is 5.75 Å². The van der Waals surface area contributed by atoms with Crippen LogP contribution >= 0.6 is 0 Å². The van der Waals surface area contributed by atoms with Crippen molar-refractivity contribution in [2.24, 2.45) is 0 Å². The van der Waals surface area contributed by atoms with E-state index in [0.717, 1.165) is 18.8 Å². The van der Waals surface area contributed by atoms with Crippen LogP contribution in [-0.4, -0.2) is 24.8 Å². The summed E-state index contributed by atoms with van der Waals surface area (Å²) in [5, 5.41) is 2.69. The zero-order chi connectivity index (χ0) is 16.7. The summed E-state index contributed by atoms with van der Waals surface area (Å²) in [7, 11) is 0.465. The van der Waals surface area contributed by atoms with Crippen LogP contribution in [0.5, 0.6) is 5.75 Å². The molecule has 3 rings (SSSR count). The van der Waals surface area contributed by atoms with Crippen molar-refractivity contribution < 1.29 is 17.9 Å². The molecule has 0 spiro atoms. The van der Waals surface area contributed by atoms with E-state index < -0.39 is 6.68 Å². The van der Waals surface area contributed by atoms with Crippen molar-refractivity contribution in [2.75, 3.05) is 18.1 Å². The Labute approximate surface area is 138 Å². The molecule has 0 aromatic heterocycles. The number of hydrogen-bond donors (Lipinski definition) is 0. The smallest absolute Gasteiger partial charge is 0.379 e. The summed E-state index contributed by atoms with van der Waals surface area (Å²) in [6.07, 6.45) is 3.84. The Morgan fingerprint density at radius 2 is 1.61 bits per heavy atom. The third-order valence-corrected chi connectivity index (χ3v) is 6.19. The standard InChI is InChI=1S/C17H21OS.CHF3/c1-2-11-18-16-9-10-17(19-12-5-6-13-19)15-8-4-3-7-14(15)16;2-1(3)4/h3-4,7-10H,2,5-6,11-13H2,1H3;1H/q+1;. The van der Waals surface area contributed by atoms with Crippen LogP contribution in [0.3, 0.4) is 0 Å². The van der Waals surface area contributed by atoms with E-state index in [1.54, 1.807) is 4.90 Å². The fraction of sp³-hybridized carbons (Fsp3) is 0.444. The molecule has 2 aromatic rings. The Morgan fingerprint density at radius 3 is 2.22 bits per heavy atom. The summed E-state index contributed by atoms with van der Waals surface area (Å²) >= 11 is 0. The number of alkyl halides is 3. The molecule has 0 aliphatic carbocycles. The average Bonchev–Trinajstić information content (AvgIpc) is 3.06. The van der Waals surface area contributed by atoms with Crippen LogP contribution in [0.15, 0.2) is 41.3 Å². The molecule has 23 heavy (non-hydrogen) atoms. The predicted molar refractivity (Wildman–Crippen MR) is 91.4 cm³/mol. The van der Waals surface area contributed by atoms with Crippen molar-refractivity contribution in [2.45, 2.75) is 37.8 Å². The van der Waals surface area contributed by atoms with Crippen molar-refractivity contribution in [3.05, 3.63) is 36.4 Å². The minimum Gasteiger partial charge on any atom is -0.493 e. The van der Waals surface area contributed by atoms with Crippen LogP contribution in [0.4, 0.5) is 13.2 Å². The highest BCUT2D eigenvalue weighted by atomic mass is 32.2. The van der Waals surface area contributed by atoms with Gasteiger partial charge in [-0.3, -0.25) is 0 Å². The van der Waals surface area contributed by atoms with Gasteiger partial charge in [0.05, 0.1) is 6.61 Å². The minimum absolute atomic E-state index is 0.465. The Bertz CT molecular complexity index is 609. The monoisotopic (exact) mass is 343 g/mol. The second kappa shape index (κ2) is 9.06. The van der Waals surface area contributed by atoms with Crippen LogP contribution in [0.1, 0.15) is 26.2 Å². The maximum atomic E-state index is 9.67. The van der Waals surface area contributed by atoms with Gasteiger partial charge in [-0.25, -0.2) is 0 Å². The maximum absolute atomic E-state index is 9.67. The lowest BCUT2D eigenvalue weighted by atomic mass is 10.1. The summed E-state index contributed by atoms with van der Waals surface area (Å²) in [5.74, 6) is 3.79. The molecule has 5 heteroatoms. The molecular weight excluding hydrogens is 321 g/mol. The molecule has 1 aliphatic rings. The van der Waals surface area contributed by atoms with Gasteiger partial charge in [0.1, 0.15) is 17.3 Å². The molecule has 1 heterocycles. The van der Waals surface area contributed by atoms with Gasteiger partial charge < -0.3 is 4.74 Å². The van der Waals surface area contributed by atoms with E-state index in [1.807, 2.05) is 0 Å². The SMILES string of the molecule is CCCOc1ccc([S+]2CCCC2)c2ccccc12.FC(F)F. The van der Waals surface area contributed by atoms with Gasteiger partial charge in [-0.2, -0.15) is 13.2 Å². The first kappa shape index (κ1) is 18.0. The fourth-order valence-electron chi connectivity index (χ4n) is 2.71. The van der Waals surface area contributed by atoms with E-state index in [0.29, 0.717) is 10.9 Å². The average molecular weight is 343 g/mol. The fourth-order valence-corrected chi connectivity index (χ4v) is 5.21. The lowest BCUT2D eigenvalue weighted by Gasteiger charge is -2.11. The van der Waals surface area contributed by atoms with Gasteiger partial charge >= 0.3 is 6.68 Å². The number of hydrogen-bond acceptors (Lipinski definition) is 1. The quantitative estimate of drug-likeness (QED) is 0.659. The number of benzene rings is 2. The van der Waals surface area contributed by atoms with E-state index in [4.69, 9.17) is 4.74 Å². The summed E-state index contributed by atoms with van der Waals surface area (Å²) in [4.78, 5) is 1.55. The Balaban J connectivity index is 0.000000433. The molecule has 1 saturated heterocycles. The van der Waals surface area contributed by atoms with Gasteiger partial charge in [0.2, 0.25) is 0 Å². The summed E-state index contributed by atoms with van der Waals surface area (Å²) in [6.45, 7) is -0.717. The van der Waals surface area contributed by atoms with Crippen LogP contribution in [-0.2, 0) is 10.9 Å². The second-order valence-corrected chi connectivity index (χ2v) is 7.55. The van der Waals surface area contributed by atoms with Crippen LogP contribution in [0.25, 0.3) is 10.8 Å². The largest absolute Gasteiger partial charge is 0.493 e. The zero-order valence-electron chi connectivity index (χ0n) is 13.2. The third-order valence-electron chi connectivity index (χ3n) is 3.65. The summed E-state index contributed by atoms with van der Waals surface area (Å²) in [5.41, 5.74) is 0. The maximum Gasteiger partial charge on any atom is 0.379 e. The predicted octanol–water partition coefficient (Wildman–Crippen LogP) is 5.58. The number of fused-ring (bicyclic) bond motifs is 1. The molecule has 0 N–H and O–H groups in total. The number of halogens is 3. The van der Waals surface area contributed by atoms with Gasteiger partial charge in [0.25, 0.3) is 0 Å². The first-order chi connectivity index (χ1) is 11.1. The molecule has 0 bridgehead atoms. The van der Waals surface area contributed by atoms with Crippen molar-refractivity contribution in [1.82, 2.24) is 0 Å². The summed E-state index contributed by atoms with van der Waals surface area (Å²) < 4.78 is 34.9. The van der Waals surface area contributed by atoms with Crippen LogP contribution < -0.4 is 4.74 Å². The van der Waals surface area contributed by atoms with E-state index >= 15 is 0 Å². The molecule has 0 radical (unpaired) electrons. The Kier molecular flexibility index (Phi) is 7.09. The molecule has 1 fully saturated rings. The van der Waals surface area contributed by atoms with Crippen molar-refractivity contribution in [1.29, 1.82) is 0 Å². The van der Waals surface area contributed by atoms with Crippen molar-refractivity contribution in [3.63, 3.8) is 0 Å². The molecule has 0 unspecified atom stereocenters. The third kappa shape index (κ3) is 5.06. The van der Waals surface area contributed by atoms with Gasteiger partial charge in [-0.1, -0.05) is 25.1 Å². The first-order valence-corrected chi connectivity index (χ1v) is 9.44. The molecule has 1 aliphatic heterocycles. The van der Waals surface area contributed by atoms with E-state index in [2.05, 4.69) is 43.3 Å². The van der Waals surface area contributed by atoms with Gasteiger partial charge in [-0.05, 0) is 37.5 Å². The highest BCUT2D eigenvalue weighted by Gasteiger charge is 2.29. The molecule has 126 valence electrons. The van der Waals surface area contributed by atoms with Gasteiger partial charge in [0.15, 0.2) is 4.90 Å². The number of ether oxygens (including phenoxy) is 1. The topological polar surface area (TPSA) is 9.23 Å². The normalized spacial score (nSPS) is 14.8. The van der Waals surface area contributed by atoms with E-state index in [9.17, 15) is 13.2 Å². The zero-order valence-corrected chi connectivity index (χ0v) is 14.1.